The summed E-state index contributed by atoms with van der Waals surface area (Å²) < 4.78 is 10.2. The highest BCUT2D eigenvalue weighted by Crippen LogP contribution is 2.37. The van der Waals surface area contributed by atoms with Crippen molar-refractivity contribution in [3.05, 3.63) is 44.2 Å². The van der Waals surface area contributed by atoms with E-state index in [-0.39, 0.29) is 17.5 Å². The first kappa shape index (κ1) is 22.2. The molecule has 1 aliphatic rings. The monoisotopic (exact) mass is 471 g/mol. The minimum absolute atomic E-state index is 0.288. The number of anilines is 1. The maximum Gasteiger partial charge on any atom is 0.409 e. The highest BCUT2D eigenvalue weighted by atomic mass is 35.5. The van der Waals surface area contributed by atoms with Crippen LogP contribution >= 0.6 is 34.5 Å². The molecule has 2 N–H and O–H groups in total. The third-order valence-electron chi connectivity index (χ3n) is 4.45. The molecule has 0 saturated heterocycles. The Morgan fingerprint density at radius 1 is 1.27 bits per heavy atom. The van der Waals surface area contributed by atoms with Crippen LogP contribution in [-0.4, -0.2) is 50.1 Å². The second-order valence-electron chi connectivity index (χ2n) is 6.34. The van der Waals surface area contributed by atoms with Gasteiger partial charge < -0.3 is 25.0 Å². The van der Waals surface area contributed by atoms with Crippen molar-refractivity contribution in [2.75, 3.05) is 32.6 Å². The lowest BCUT2D eigenvalue weighted by atomic mass is 10.0. The number of halogens is 2. The molecule has 0 unspecified atom stereocenters. The summed E-state index contributed by atoms with van der Waals surface area (Å²) in [5.41, 5.74) is 1.22. The molecular formula is C19H19Cl2N3O5S. The fourth-order valence-corrected chi connectivity index (χ4v) is 4.78. The van der Waals surface area contributed by atoms with Gasteiger partial charge in [-0.3, -0.25) is 9.59 Å². The summed E-state index contributed by atoms with van der Waals surface area (Å²) in [5, 5.41) is 6.48. The summed E-state index contributed by atoms with van der Waals surface area (Å²) in [5.74, 6) is -0.437. The molecule has 0 radical (unpaired) electrons. The van der Waals surface area contributed by atoms with Crippen molar-refractivity contribution in [3.63, 3.8) is 0 Å². The van der Waals surface area contributed by atoms with E-state index in [1.54, 1.807) is 17.0 Å². The molecule has 0 aliphatic carbocycles. The zero-order valence-electron chi connectivity index (χ0n) is 16.2. The summed E-state index contributed by atoms with van der Waals surface area (Å²) in [6.45, 7) is 0.431. The number of methoxy groups -OCH3 is 1. The van der Waals surface area contributed by atoms with Gasteiger partial charge in [0.2, 0.25) is 0 Å². The van der Waals surface area contributed by atoms with E-state index in [2.05, 4.69) is 10.6 Å². The average molecular weight is 472 g/mol. The van der Waals surface area contributed by atoms with Crippen molar-refractivity contribution in [1.29, 1.82) is 0 Å². The number of rotatable bonds is 5. The smallest absolute Gasteiger partial charge is 0.409 e. The number of fused-ring (bicyclic) bond motifs is 1. The van der Waals surface area contributed by atoms with Crippen molar-refractivity contribution >= 4 is 57.4 Å². The van der Waals surface area contributed by atoms with Gasteiger partial charge in [-0.1, -0.05) is 23.2 Å². The number of thiophene rings is 1. The number of ether oxygens (including phenoxy) is 2. The van der Waals surface area contributed by atoms with Gasteiger partial charge in [-0.25, -0.2) is 4.79 Å². The molecule has 160 valence electrons. The quantitative estimate of drug-likeness (QED) is 0.694. The third kappa shape index (κ3) is 4.80. The number of nitrogens with one attached hydrogen (secondary N) is 2. The molecule has 1 aromatic heterocycles. The van der Waals surface area contributed by atoms with Crippen LogP contribution in [0.25, 0.3) is 0 Å². The molecule has 0 spiro atoms. The first-order chi connectivity index (χ1) is 14.3. The van der Waals surface area contributed by atoms with Gasteiger partial charge in [-0.2, -0.15) is 0 Å². The standard InChI is InChI=1S/C19H19Cl2N3O5S/c1-22-17(26)16-11-5-6-24(19(27)28-2)8-14(11)30-18(16)23-15(25)9-29-13-4-3-10(20)7-12(13)21/h3-4,7H,5-6,8-9H2,1-2H3,(H,22,26)(H,23,25). The fourth-order valence-electron chi connectivity index (χ4n) is 3.04. The second kappa shape index (κ2) is 9.55. The number of hydrogen-bond donors (Lipinski definition) is 2. The molecule has 8 nitrogen and oxygen atoms in total. The Morgan fingerprint density at radius 2 is 2.03 bits per heavy atom. The van der Waals surface area contributed by atoms with Gasteiger partial charge in [-0.15, -0.1) is 11.3 Å². The molecule has 0 atom stereocenters. The summed E-state index contributed by atoms with van der Waals surface area (Å²) in [7, 11) is 2.84. The molecule has 3 amide bonds. The Kier molecular flexibility index (Phi) is 7.06. The highest BCUT2D eigenvalue weighted by Gasteiger charge is 2.30. The van der Waals surface area contributed by atoms with Crippen molar-refractivity contribution in [2.24, 2.45) is 0 Å². The number of carbonyl (C=O) groups excluding carboxylic acids is 3. The lowest BCUT2D eigenvalue weighted by Gasteiger charge is -2.25. The van der Waals surface area contributed by atoms with E-state index < -0.39 is 12.0 Å². The van der Waals surface area contributed by atoms with Gasteiger partial charge in [-0.05, 0) is 30.2 Å². The van der Waals surface area contributed by atoms with Gasteiger partial charge in [0.25, 0.3) is 11.8 Å². The van der Waals surface area contributed by atoms with Gasteiger partial charge in [0.05, 0.1) is 24.2 Å². The predicted molar refractivity (Wildman–Crippen MR) is 115 cm³/mol. The molecule has 1 aromatic carbocycles. The van der Waals surface area contributed by atoms with E-state index in [0.717, 1.165) is 10.4 Å². The zero-order valence-corrected chi connectivity index (χ0v) is 18.5. The molecule has 0 saturated carbocycles. The van der Waals surface area contributed by atoms with Crippen LogP contribution in [0.4, 0.5) is 9.80 Å². The first-order valence-corrected chi connectivity index (χ1v) is 10.5. The van der Waals surface area contributed by atoms with Crippen LogP contribution in [0.5, 0.6) is 5.75 Å². The SMILES string of the molecule is CNC(=O)c1c(NC(=O)COc2ccc(Cl)cc2Cl)sc2c1CCN(C(=O)OC)C2. The normalized spacial score (nSPS) is 12.7. The van der Waals surface area contributed by atoms with Crippen LogP contribution in [0.15, 0.2) is 18.2 Å². The van der Waals surface area contributed by atoms with E-state index >= 15 is 0 Å². The van der Waals surface area contributed by atoms with E-state index in [0.29, 0.717) is 40.8 Å². The van der Waals surface area contributed by atoms with Crippen LogP contribution in [0.2, 0.25) is 10.0 Å². The average Bonchev–Trinajstić information content (AvgIpc) is 3.08. The molecule has 3 rings (SSSR count). The summed E-state index contributed by atoms with van der Waals surface area (Å²) in [6.07, 6.45) is 0.0468. The molecular weight excluding hydrogens is 453 g/mol. The lowest BCUT2D eigenvalue weighted by molar-refractivity contribution is -0.118. The number of nitrogens with zero attached hydrogens (tertiary/aromatic N) is 1. The van der Waals surface area contributed by atoms with Crippen LogP contribution in [-0.2, 0) is 22.5 Å². The predicted octanol–water partition coefficient (Wildman–Crippen LogP) is 3.56. The molecule has 1 aliphatic heterocycles. The Labute approximate surface area is 187 Å². The van der Waals surface area contributed by atoms with Crippen molar-refractivity contribution in [2.45, 2.75) is 13.0 Å². The van der Waals surface area contributed by atoms with Gasteiger partial charge >= 0.3 is 6.09 Å². The van der Waals surface area contributed by atoms with E-state index in [1.807, 2.05) is 0 Å². The molecule has 2 heterocycles. The maximum atomic E-state index is 12.5. The summed E-state index contributed by atoms with van der Waals surface area (Å²) >= 11 is 13.1. The van der Waals surface area contributed by atoms with E-state index in [9.17, 15) is 14.4 Å². The van der Waals surface area contributed by atoms with Crippen LogP contribution in [0, 0.1) is 0 Å². The lowest BCUT2D eigenvalue weighted by Crippen LogP contribution is -2.35. The Hall–Kier alpha value is -2.49. The molecule has 0 bridgehead atoms. The molecule has 11 heteroatoms. The second-order valence-corrected chi connectivity index (χ2v) is 8.29. The molecule has 0 fully saturated rings. The van der Waals surface area contributed by atoms with Crippen molar-refractivity contribution < 1.29 is 23.9 Å². The largest absolute Gasteiger partial charge is 0.482 e. The minimum Gasteiger partial charge on any atom is -0.482 e. The van der Waals surface area contributed by atoms with Crippen LogP contribution in [0.3, 0.4) is 0 Å². The number of hydrogen-bond acceptors (Lipinski definition) is 6. The Morgan fingerprint density at radius 3 is 2.70 bits per heavy atom. The maximum absolute atomic E-state index is 12.5. The van der Waals surface area contributed by atoms with Gasteiger partial charge in [0.15, 0.2) is 6.61 Å². The number of amides is 3. The molecule has 30 heavy (non-hydrogen) atoms. The molecule has 2 aromatic rings. The Bertz CT molecular complexity index is 995. The fraction of sp³-hybridized carbons (Fsp3) is 0.316. The zero-order chi connectivity index (χ0) is 21.8. The summed E-state index contributed by atoms with van der Waals surface area (Å²) in [6, 6.07) is 4.68. The highest BCUT2D eigenvalue weighted by molar-refractivity contribution is 7.17. The van der Waals surface area contributed by atoms with Crippen molar-refractivity contribution in [3.8, 4) is 5.75 Å². The first-order valence-electron chi connectivity index (χ1n) is 8.91. The van der Waals surface area contributed by atoms with Crippen molar-refractivity contribution in [1.82, 2.24) is 10.2 Å². The van der Waals surface area contributed by atoms with Crippen LogP contribution in [0.1, 0.15) is 20.8 Å². The van der Waals surface area contributed by atoms with E-state index in [1.165, 1.54) is 31.6 Å². The summed E-state index contributed by atoms with van der Waals surface area (Å²) in [4.78, 5) is 39.1. The minimum atomic E-state index is -0.449. The Balaban J connectivity index is 1.76. The van der Waals surface area contributed by atoms with Crippen LogP contribution < -0.4 is 15.4 Å². The van der Waals surface area contributed by atoms with Gasteiger partial charge in [0, 0.05) is 23.5 Å². The van der Waals surface area contributed by atoms with E-state index in [4.69, 9.17) is 32.7 Å². The number of carbonyl (C=O) groups is 3. The topological polar surface area (TPSA) is 97.0 Å². The third-order valence-corrected chi connectivity index (χ3v) is 6.11. The van der Waals surface area contributed by atoms with Gasteiger partial charge in [0.1, 0.15) is 10.8 Å². The number of benzene rings is 1.